The zero-order chi connectivity index (χ0) is 32.6. The van der Waals surface area contributed by atoms with Crippen LogP contribution in [0.25, 0.3) is 11.1 Å². The highest BCUT2D eigenvalue weighted by atomic mass is 35.5. The van der Waals surface area contributed by atoms with E-state index in [4.69, 9.17) is 16.3 Å². The molecule has 0 radical (unpaired) electrons. The summed E-state index contributed by atoms with van der Waals surface area (Å²) in [6.07, 6.45) is -3.32. The van der Waals surface area contributed by atoms with E-state index < -0.39 is 39.5 Å². The Bertz CT molecular complexity index is 1760. The number of para-hydroxylation sites is 1. The van der Waals surface area contributed by atoms with E-state index in [0.29, 0.717) is 23.1 Å². The largest absolute Gasteiger partial charge is 0.419 e. The summed E-state index contributed by atoms with van der Waals surface area (Å²) in [6, 6.07) is 23.4. The summed E-state index contributed by atoms with van der Waals surface area (Å²) in [7, 11) is -4.31. The molecule has 45 heavy (non-hydrogen) atoms. The molecule has 0 unspecified atom stereocenters. The molecule has 2 amide bonds. The van der Waals surface area contributed by atoms with Gasteiger partial charge in [-0.05, 0) is 47.9 Å². The molecule has 0 aliphatic carbocycles. The number of alkyl halides is 3. The molecule has 7 nitrogen and oxygen atoms in total. The van der Waals surface area contributed by atoms with Crippen molar-refractivity contribution in [1.29, 1.82) is 0 Å². The van der Waals surface area contributed by atoms with E-state index in [1.165, 1.54) is 41.3 Å². The fourth-order valence-electron chi connectivity index (χ4n) is 4.56. The quantitative estimate of drug-likeness (QED) is 0.164. The van der Waals surface area contributed by atoms with Gasteiger partial charge in [0.05, 0.1) is 21.0 Å². The first-order valence-electron chi connectivity index (χ1n) is 14.0. The fraction of sp³-hybridized carbons (Fsp3) is 0.212. The number of rotatable bonds is 11. The van der Waals surface area contributed by atoms with Crippen LogP contribution in [0.15, 0.2) is 102 Å². The number of hydrogen-bond donors (Lipinski definition) is 1. The highest BCUT2D eigenvalue weighted by Gasteiger charge is 2.35. The second kappa shape index (κ2) is 14.6. The molecule has 0 spiro atoms. The van der Waals surface area contributed by atoms with Crippen molar-refractivity contribution in [3.63, 3.8) is 0 Å². The molecule has 0 aliphatic heterocycles. The topological polar surface area (TPSA) is 92.8 Å². The molecule has 12 heteroatoms. The number of hydrogen-bond acceptors (Lipinski definition) is 5. The number of sulfonamides is 1. The molecule has 4 aromatic rings. The van der Waals surface area contributed by atoms with Crippen LogP contribution < -0.4 is 9.46 Å². The Labute approximate surface area is 264 Å². The second-order valence-corrected chi connectivity index (χ2v) is 12.2. The van der Waals surface area contributed by atoms with Crippen LogP contribution in [-0.4, -0.2) is 31.9 Å². The Hall–Kier alpha value is -4.35. The molecule has 0 atom stereocenters. The number of unbranched alkanes of at least 4 members (excludes halogenated alkanes) is 2. The number of halogens is 4. The van der Waals surface area contributed by atoms with Gasteiger partial charge in [-0.15, -0.1) is 0 Å². The third-order valence-corrected chi connectivity index (χ3v) is 8.56. The van der Waals surface area contributed by atoms with E-state index in [0.717, 1.165) is 25.0 Å². The molecule has 0 heterocycles. The third-order valence-electron chi connectivity index (χ3n) is 6.84. The molecule has 0 fully saturated rings. The smallest absolute Gasteiger partial charge is 0.410 e. The summed E-state index contributed by atoms with van der Waals surface area (Å²) < 4.78 is 74.2. The molecule has 4 aromatic carbocycles. The SMILES string of the molecule is CCCCCN(Cc1ccc(-c2ccccc2S(=O)(=O)NC(=O)c2ccccc2Cl)cc1)C(=O)Oc1ccccc1C(F)(F)F. The van der Waals surface area contributed by atoms with Gasteiger partial charge in [0, 0.05) is 18.7 Å². The van der Waals surface area contributed by atoms with E-state index in [1.54, 1.807) is 48.5 Å². The van der Waals surface area contributed by atoms with Crippen LogP contribution in [0.4, 0.5) is 18.0 Å². The molecular weight excluding hydrogens is 629 g/mol. The first-order valence-corrected chi connectivity index (χ1v) is 15.9. The number of carbonyl (C=O) groups excluding carboxylic acids is 2. The second-order valence-electron chi connectivity index (χ2n) is 10.1. The van der Waals surface area contributed by atoms with Crippen LogP contribution in [0.3, 0.4) is 0 Å². The van der Waals surface area contributed by atoms with Crippen LogP contribution >= 0.6 is 11.6 Å². The summed E-state index contributed by atoms with van der Waals surface area (Å²) >= 11 is 6.06. The normalized spacial score (nSPS) is 11.6. The molecule has 4 rings (SSSR count). The minimum atomic E-state index is -4.69. The minimum Gasteiger partial charge on any atom is -0.410 e. The van der Waals surface area contributed by atoms with Gasteiger partial charge in [-0.2, -0.15) is 13.2 Å². The molecule has 0 saturated carbocycles. The first kappa shape index (κ1) is 33.5. The fourth-order valence-corrected chi connectivity index (χ4v) is 5.98. The zero-order valence-electron chi connectivity index (χ0n) is 24.2. The maximum absolute atomic E-state index is 13.5. The Morgan fingerprint density at radius 3 is 2.20 bits per heavy atom. The van der Waals surface area contributed by atoms with Gasteiger partial charge >= 0.3 is 12.3 Å². The maximum Gasteiger partial charge on any atom is 0.419 e. The average Bonchev–Trinajstić information content (AvgIpc) is 3.00. The van der Waals surface area contributed by atoms with Crippen LogP contribution in [0.2, 0.25) is 5.02 Å². The summed E-state index contributed by atoms with van der Waals surface area (Å²) in [5.41, 5.74) is 0.445. The average molecular weight is 659 g/mol. The summed E-state index contributed by atoms with van der Waals surface area (Å²) in [5.74, 6) is -1.45. The summed E-state index contributed by atoms with van der Waals surface area (Å²) in [4.78, 5) is 27.0. The highest BCUT2D eigenvalue weighted by molar-refractivity contribution is 7.90. The summed E-state index contributed by atoms with van der Waals surface area (Å²) in [5, 5.41) is 0.103. The molecule has 236 valence electrons. The van der Waals surface area contributed by atoms with Crippen molar-refractivity contribution in [1.82, 2.24) is 9.62 Å². The van der Waals surface area contributed by atoms with Crippen LogP contribution in [-0.2, 0) is 22.7 Å². The lowest BCUT2D eigenvalue weighted by molar-refractivity contribution is -0.138. The van der Waals surface area contributed by atoms with Gasteiger partial charge in [-0.1, -0.05) is 98.1 Å². The van der Waals surface area contributed by atoms with Gasteiger partial charge in [-0.3, -0.25) is 4.79 Å². The monoisotopic (exact) mass is 658 g/mol. The molecule has 1 N–H and O–H groups in total. The van der Waals surface area contributed by atoms with Gasteiger partial charge in [0.1, 0.15) is 5.75 Å². The molecule has 0 aliphatic rings. The van der Waals surface area contributed by atoms with E-state index in [9.17, 15) is 31.2 Å². The van der Waals surface area contributed by atoms with Crippen LogP contribution in [0.5, 0.6) is 5.75 Å². The Balaban J connectivity index is 1.55. The minimum absolute atomic E-state index is 0.00786. The predicted octanol–water partition coefficient (Wildman–Crippen LogP) is 8.34. The molecule has 0 bridgehead atoms. The van der Waals surface area contributed by atoms with Gasteiger partial charge in [0.2, 0.25) is 0 Å². The van der Waals surface area contributed by atoms with Crippen LogP contribution in [0, 0.1) is 0 Å². The Morgan fingerprint density at radius 2 is 1.51 bits per heavy atom. The van der Waals surface area contributed by atoms with Gasteiger partial charge < -0.3 is 9.64 Å². The lowest BCUT2D eigenvalue weighted by atomic mass is 10.0. The third kappa shape index (κ3) is 8.64. The van der Waals surface area contributed by atoms with Crippen molar-refractivity contribution in [3.05, 3.63) is 119 Å². The molecule has 0 aromatic heterocycles. The van der Waals surface area contributed by atoms with Gasteiger partial charge in [-0.25, -0.2) is 17.9 Å². The maximum atomic E-state index is 13.5. The highest BCUT2D eigenvalue weighted by Crippen LogP contribution is 2.36. The van der Waals surface area contributed by atoms with Crippen molar-refractivity contribution < 1.29 is 35.9 Å². The van der Waals surface area contributed by atoms with Crippen molar-refractivity contribution in [3.8, 4) is 16.9 Å². The number of nitrogens with zero attached hydrogens (tertiary/aromatic N) is 1. The number of nitrogens with one attached hydrogen (secondary N) is 1. The first-order chi connectivity index (χ1) is 21.4. The molecule has 0 saturated heterocycles. The van der Waals surface area contributed by atoms with Crippen LogP contribution in [0.1, 0.15) is 47.7 Å². The van der Waals surface area contributed by atoms with E-state index in [2.05, 4.69) is 4.72 Å². The van der Waals surface area contributed by atoms with Crippen molar-refractivity contribution in [2.75, 3.05) is 6.54 Å². The van der Waals surface area contributed by atoms with Crippen molar-refractivity contribution in [2.24, 2.45) is 0 Å². The number of amides is 2. The van der Waals surface area contributed by atoms with Crippen molar-refractivity contribution >= 4 is 33.6 Å². The van der Waals surface area contributed by atoms with Gasteiger partial charge in [0.15, 0.2) is 0 Å². The molecular formula is C33H30ClF3N2O5S. The lowest BCUT2D eigenvalue weighted by Gasteiger charge is -2.23. The van der Waals surface area contributed by atoms with E-state index in [-0.39, 0.29) is 28.6 Å². The Kier molecular flexibility index (Phi) is 10.9. The number of carbonyl (C=O) groups is 2. The predicted molar refractivity (Wildman–Crippen MR) is 165 cm³/mol. The van der Waals surface area contributed by atoms with Gasteiger partial charge in [0.25, 0.3) is 15.9 Å². The zero-order valence-corrected chi connectivity index (χ0v) is 25.8. The number of ether oxygens (including phenoxy) is 1. The number of benzene rings is 4. The van der Waals surface area contributed by atoms with E-state index >= 15 is 0 Å². The standard InChI is InChI=1S/C33H30ClF3N2O5S/c1-2-3-10-21-39(32(41)44-29-15-8-6-13-27(29)33(35,36)37)22-23-17-19-24(20-18-23)25-11-5-9-16-30(25)45(42,43)38-31(40)26-12-4-7-14-28(26)34/h4-9,11-20H,2-3,10,21-22H2,1H3,(H,38,40). The van der Waals surface area contributed by atoms with E-state index in [1.807, 2.05) is 6.92 Å². The Morgan fingerprint density at radius 1 is 0.867 bits per heavy atom. The van der Waals surface area contributed by atoms with Crippen molar-refractivity contribution in [2.45, 2.75) is 43.8 Å². The lowest BCUT2D eigenvalue weighted by Crippen LogP contribution is -2.34. The summed E-state index contributed by atoms with van der Waals surface area (Å²) in [6.45, 7) is 2.29.